The Morgan fingerprint density at radius 1 is 0.667 bits per heavy atom. The Labute approximate surface area is 291 Å². The van der Waals surface area contributed by atoms with Gasteiger partial charge in [0.2, 0.25) is 11.6 Å². The second-order valence-corrected chi connectivity index (χ2v) is 12.5. The summed E-state index contributed by atoms with van der Waals surface area (Å²) in [4.78, 5) is 38.0. The van der Waals surface area contributed by atoms with E-state index in [1.807, 2.05) is 26.0 Å². The Morgan fingerprint density at radius 2 is 1.20 bits per heavy atom. The van der Waals surface area contributed by atoms with E-state index in [0.29, 0.717) is 45.1 Å². The van der Waals surface area contributed by atoms with Gasteiger partial charge in [0.1, 0.15) is 68.1 Å². The maximum Gasteiger partial charge on any atom is 0.347 e. The molecule has 1 aromatic heterocycles. The summed E-state index contributed by atoms with van der Waals surface area (Å²) >= 11 is 0. The van der Waals surface area contributed by atoms with Crippen LogP contribution in [0.15, 0.2) is 57.8 Å². The van der Waals surface area contributed by atoms with Gasteiger partial charge in [0.15, 0.2) is 0 Å². The maximum absolute atomic E-state index is 12.9. The number of phenols is 4. The summed E-state index contributed by atoms with van der Waals surface area (Å²) < 4.78 is 28.3. The molecule has 0 radical (unpaired) electrons. The van der Waals surface area contributed by atoms with E-state index in [0.717, 1.165) is 17.7 Å². The van der Waals surface area contributed by atoms with E-state index < -0.39 is 45.8 Å². The Hall–Kier alpha value is -6.43. The Kier molecular flexibility index (Phi) is 8.42. The van der Waals surface area contributed by atoms with Crippen molar-refractivity contribution in [3.8, 4) is 57.1 Å². The molecule has 1 aliphatic heterocycles. The van der Waals surface area contributed by atoms with Crippen LogP contribution < -0.4 is 24.6 Å². The highest BCUT2D eigenvalue weighted by atomic mass is 16.5. The number of carbonyl (C=O) groups excluding carboxylic acids is 2. The molecule has 0 atom stereocenters. The molecule has 0 unspecified atom stereocenters. The molecule has 0 bridgehead atoms. The molecule has 1 aliphatic carbocycles. The SMILES string of the molecule is COc1ccc(-c2c(OC)c3c(OC)c4c(cc3oc2=O)OC(C)(C)C=C4)cc1.Cc1cc(O)c2c(c1O)C(=O)c1c(O)cc(C)c(O)c1C2=O. The van der Waals surface area contributed by atoms with Crippen molar-refractivity contribution < 1.29 is 53.4 Å². The smallest absolute Gasteiger partial charge is 0.347 e. The number of ether oxygens (including phenoxy) is 4. The summed E-state index contributed by atoms with van der Waals surface area (Å²) in [5.41, 5.74) is 0.0642. The topological polar surface area (TPSA) is 182 Å². The van der Waals surface area contributed by atoms with Crippen LogP contribution in [0.2, 0.25) is 0 Å². The number of ketones is 2. The first kappa shape index (κ1) is 34.4. The summed E-state index contributed by atoms with van der Waals surface area (Å²) in [6, 6.07) is 11.2. The number of hydrogen-bond acceptors (Lipinski definition) is 12. The fraction of sp³-hybridized carbons (Fsp3) is 0.205. The molecule has 5 aromatic rings. The van der Waals surface area contributed by atoms with Crippen LogP contribution in [-0.4, -0.2) is 58.9 Å². The van der Waals surface area contributed by atoms with E-state index in [4.69, 9.17) is 23.4 Å². The minimum absolute atomic E-state index is 0.219. The number of carbonyl (C=O) groups is 2. The van der Waals surface area contributed by atoms with Crippen LogP contribution in [-0.2, 0) is 0 Å². The predicted molar refractivity (Wildman–Crippen MR) is 187 cm³/mol. The van der Waals surface area contributed by atoms with E-state index >= 15 is 0 Å². The number of phenolic OH excluding ortho intramolecular Hbond substituents is 4. The van der Waals surface area contributed by atoms with E-state index in [1.54, 1.807) is 44.6 Å². The molecule has 0 saturated carbocycles. The fourth-order valence-electron chi connectivity index (χ4n) is 6.29. The third-order valence-electron chi connectivity index (χ3n) is 8.77. The molecule has 0 spiro atoms. The van der Waals surface area contributed by atoms with Gasteiger partial charge >= 0.3 is 5.63 Å². The van der Waals surface area contributed by atoms with Crippen molar-refractivity contribution >= 4 is 28.6 Å². The van der Waals surface area contributed by atoms with Gasteiger partial charge < -0.3 is 43.8 Å². The fourth-order valence-corrected chi connectivity index (χ4v) is 6.29. The second kappa shape index (κ2) is 12.5. The van der Waals surface area contributed by atoms with Gasteiger partial charge in [-0.25, -0.2) is 4.79 Å². The van der Waals surface area contributed by atoms with Gasteiger partial charge in [-0.1, -0.05) is 12.1 Å². The number of methoxy groups -OCH3 is 3. The second-order valence-electron chi connectivity index (χ2n) is 12.5. The van der Waals surface area contributed by atoms with Crippen LogP contribution >= 0.6 is 0 Å². The van der Waals surface area contributed by atoms with Crippen molar-refractivity contribution in [3.05, 3.63) is 97.9 Å². The molecule has 0 fully saturated rings. The van der Waals surface area contributed by atoms with Crippen LogP contribution in [0.1, 0.15) is 62.4 Å². The Morgan fingerprint density at radius 3 is 1.69 bits per heavy atom. The third-order valence-corrected chi connectivity index (χ3v) is 8.77. The van der Waals surface area contributed by atoms with Gasteiger partial charge in [-0.3, -0.25) is 9.59 Å². The minimum atomic E-state index is -0.825. The number of benzene rings is 4. The number of fused-ring (bicyclic) bond motifs is 4. The molecular formula is C39H34O12. The van der Waals surface area contributed by atoms with Crippen molar-refractivity contribution in [1.82, 2.24) is 0 Å². The first-order valence-corrected chi connectivity index (χ1v) is 15.6. The van der Waals surface area contributed by atoms with Crippen molar-refractivity contribution in [2.24, 2.45) is 0 Å². The number of hydrogen-bond donors (Lipinski definition) is 4. The van der Waals surface area contributed by atoms with Crippen molar-refractivity contribution in [2.75, 3.05) is 21.3 Å². The van der Waals surface area contributed by atoms with Crippen molar-refractivity contribution in [2.45, 2.75) is 33.3 Å². The highest BCUT2D eigenvalue weighted by Crippen LogP contribution is 2.48. The first-order valence-electron chi connectivity index (χ1n) is 15.6. The molecule has 2 heterocycles. The lowest BCUT2D eigenvalue weighted by Crippen LogP contribution is -2.27. The number of rotatable bonds is 4. The van der Waals surface area contributed by atoms with Gasteiger partial charge in [0.25, 0.3) is 0 Å². The highest BCUT2D eigenvalue weighted by Gasteiger charge is 2.39. The van der Waals surface area contributed by atoms with Crippen LogP contribution in [0, 0.1) is 13.8 Å². The van der Waals surface area contributed by atoms with E-state index in [1.165, 1.54) is 21.0 Å². The van der Waals surface area contributed by atoms with Crippen LogP contribution in [0.4, 0.5) is 0 Å². The lowest BCUT2D eigenvalue weighted by Gasteiger charge is -2.29. The molecular weight excluding hydrogens is 660 g/mol. The lowest BCUT2D eigenvalue weighted by molar-refractivity contribution is 0.0969. The summed E-state index contributed by atoms with van der Waals surface area (Å²) in [7, 11) is 4.68. The quantitative estimate of drug-likeness (QED) is 0.115. The maximum atomic E-state index is 12.9. The molecule has 4 aromatic carbocycles. The summed E-state index contributed by atoms with van der Waals surface area (Å²) in [6.07, 6.45) is 3.91. The minimum Gasteiger partial charge on any atom is -0.507 e. The molecule has 4 N–H and O–H groups in total. The van der Waals surface area contributed by atoms with Crippen LogP contribution in [0.3, 0.4) is 0 Å². The summed E-state index contributed by atoms with van der Waals surface area (Å²) in [5.74, 6) is -1.25. The van der Waals surface area contributed by atoms with Gasteiger partial charge in [0.05, 0.1) is 49.1 Å². The molecule has 262 valence electrons. The van der Waals surface area contributed by atoms with E-state index in [-0.39, 0.29) is 33.4 Å². The largest absolute Gasteiger partial charge is 0.507 e. The normalized spacial score (nSPS) is 13.7. The van der Waals surface area contributed by atoms with Crippen LogP contribution in [0.5, 0.6) is 46.0 Å². The molecule has 7 rings (SSSR count). The van der Waals surface area contributed by atoms with Crippen molar-refractivity contribution in [3.63, 3.8) is 0 Å². The summed E-state index contributed by atoms with van der Waals surface area (Å²) in [5, 5.41) is 40.7. The third kappa shape index (κ3) is 5.54. The number of aromatic hydroxyl groups is 4. The predicted octanol–water partition coefficient (Wildman–Crippen LogP) is 6.57. The first-order chi connectivity index (χ1) is 24.1. The summed E-state index contributed by atoms with van der Waals surface area (Å²) in [6.45, 7) is 6.84. The molecule has 12 heteroatoms. The van der Waals surface area contributed by atoms with Gasteiger partial charge in [-0.05, 0) is 80.8 Å². The molecule has 51 heavy (non-hydrogen) atoms. The average molecular weight is 695 g/mol. The molecule has 0 saturated heterocycles. The van der Waals surface area contributed by atoms with Gasteiger partial charge in [-0.2, -0.15) is 0 Å². The zero-order valence-corrected chi connectivity index (χ0v) is 28.8. The van der Waals surface area contributed by atoms with E-state index in [9.17, 15) is 34.8 Å². The zero-order chi connectivity index (χ0) is 37.1. The Bertz CT molecular complexity index is 2310. The monoisotopic (exact) mass is 694 g/mol. The average Bonchev–Trinajstić information content (AvgIpc) is 3.08. The van der Waals surface area contributed by atoms with Gasteiger partial charge in [0, 0.05) is 6.07 Å². The van der Waals surface area contributed by atoms with Crippen LogP contribution in [0.25, 0.3) is 28.2 Å². The molecule has 12 nitrogen and oxygen atoms in total. The Balaban J connectivity index is 0.000000183. The lowest BCUT2D eigenvalue weighted by atomic mass is 9.80. The van der Waals surface area contributed by atoms with E-state index in [2.05, 4.69) is 0 Å². The zero-order valence-electron chi connectivity index (χ0n) is 28.8. The standard InChI is InChI=1S/C23H22O6.C16H12O6/c1-23(2)11-10-15-16(29-23)12-17-19(20(15)26-4)21(27-5)18(22(24)28-17)13-6-8-14(25-3)9-7-13;1-5-3-7(17)9-11(13(5)19)15(21)10-8(18)4-6(2)14(20)12(10)16(9)22/h6-12H,1-5H3;3-4,17-20H,1-2H3. The number of aryl methyl sites for hydroxylation is 2. The van der Waals surface area contributed by atoms with Crippen molar-refractivity contribution in [1.29, 1.82) is 0 Å². The molecule has 0 amide bonds. The highest BCUT2D eigenvalue weighted by molar-refractivity contribution is 6.32. The van der Waals surface area contributed by atoms with Gasteiger partial charge in [-0.15, -0.1) is 0 Å². The molecule has 2 aliphatic rings.